The zero-order valence-electron chi connectivity index (χ0n) is 28.4. The molecule has 5 atom stereocenters. The van der Waals surface area contributed by atoms with Gasteiger partial charge in [-0.1, -0.05) is 69.3 Å². The molecule has 3 aromatic rings. The first kappa shape index (κ1) is 34.1. The molecule has 3 fully saturated rings. The highest BCUT2D eigenvalue weighted by Gasteiger charge is 2.50. The molecule has 2 heterocycles. The second kappa shape index (κ2) is 14.4. The molecule has 0 radical (unpaired) electrons. The molecule has 3 aromatic carbocycles. The van der Waals surface area contributed by atoms with E-state index in [1.54, 1.807) is 12.1 Å². The molecule has 0 spiro atoms. The van der Waals surface area contributed by atoms with Gasteiger partial charge in [0, 0.05) is 49.6 Å². The first-order chi connectivity index (χ1) is 23.0. The van der Waals surface area contributed by atoms with Crippen molar-refractivity contribution >= 4 is 28.9 Å². The summed E-state index contributed by atoms with van der Waals surface area (Å²) in [5, 5.41) is 15.3. The van der Waals surface area contributed by atoms with Crippen molar-refractivity contribution in [3.8, 4) is 0 Å². The average Bonchev–Trinajstić information content (AvgIpc) is 3.29. The number of nitrogen functional groups attached to an aromatic ring is 1. The van der Waals surface area contributed by atoms with Crippen LogP contribution in [-0.4, -0.2) is 47.1 Å². The van der Waals surface area contributed by atoms with Gasteiger partial charge >= 0.3 is 0 Å². The van der Waals surface area contributed by atoms with Crippen LogP contribution in [0.1, 0.15) is 94.8 Å². The standard InChI is InChI=1S/C39H50N4O5/c1-38(2)20-30-21-39(3,24-38)25-43(30)22-31-19-34(27-13-11-26(23-44)12-14-27)48-37(47-31)28-15-17-29(18-16-28)41-35(45)9-6-10-36(46)42-33-8-5-4-7-32(33)40/h4-5,7-8,11-18,30-31,34,37,44H,6,9-10,19-25,40H2,1-3H3,(H,41,45)(H,42,46)/t30?,31-,34+,37+,39?/m0/s1. The van der Waals surface area contributed by atoms with E-state index >= 15 is 0 Å². The third-order valence-corrected chi connectivity index (χ3v) is 10.1. The fourth-order valence-corrected chi connectivity index (χ4v) is 8.26. The molecular formula is C39H50N4O5. The quantitative estimate of drug-likeness (QED) is 0.165. The van der Waals surface area contributed by atoms with Gasteiger partial charge in [0.25, 0.3) is 0 Å². The second-order valence-corrected chi connectivity index (χ2v) is 15.2. The van der Waals surface area contributed by atoms with Gasteiger partial charge < -0.3 is 30.9 Å². The summed E-state index contributed by atoms with van der Waals surface area (Å²) in [6, 6.07) is 23.3. The molecule has 9 nitrogen and oxygen atoms in total. The number of carbonyl (C=O) groups excluding carboxylic acids is 2. The van der Waals surface area contributed by atoms with Crippen molar-refractivity contribution < 1.29 is 24.2 Å². The van der Waals surface area contributed by atoms with Gasteiger partial charge in [-0.25, -0.2) is 0 Å². The van der Waals surface area contributed by atoms with Gasteiger partial charge in [-0.2, -0.15) is 0 Å². The van der Waals surface area contributed by atoms with Crippen molar-refractivity contribution in [2.45, 2.75) is 96.9 Å². The van der Waals surface area contributed by atoms with Crippen LogP contribution in [0.2, 0.25) is 0 Å². The number of carbonyl (C=O) groups is 2. The Balaban J connectivity index is 1.07. The molecule has 2 amide bonds. The second-order valence-electron chi connectivity index (χ2n) is 15.2. The summed E-state index contributed by atoms with van der Waals surface area (Å²) in [7, 11) is 0. The highest BCUT2D eigenvalue weighted by Crippen LogP contribution is 2.53. The molecule has 2 unspecified atom stereocenters. The topological polar surface area (TPSA) is 126 Å². The van der Waals surface area contributed by atoms with E-state index in [9.17, 15) is 14.7 Å². The number of rotatable bonds is 11. The number of amides is 2. The molecule has 2 saturated heterocycles. The molecule has 1 saturated carbocycles. The van der Waals surface area contributed by atoms with Gasteiger partial charge in [-0.05, 0) is 71.9 Å². The lowest BCUT2D eigenvalue weighted by molar-refractivity contribution is -0.253. The van der Waals surface area contributed by atoms with Crippen molar-refractivity contribution in [1.82, 2.24) is 4.90 Å². The number of anilines is 3. The number of aliphatic hydroxyl groups excluding tert-OH is 1. The molecule has 0 aromatic heterocycles. The Labute approximate surface area is 284 Å². The molecule has 1 aliphatic carbocycles. The van der Waals surface area contributed by atoms with E-state index in [-0.39, 0.29) is 43.5 Å². The largest absolute Gasteiger partial charge is 0.397 e. The number of para-hydroxylation sites is 2. The molecule has 9 heteroatoms. The predicted molar refractivity (Wildman–Crippen MR) is 188 cm³/mol. The van der Waals surface area contributed by atoms with Crippen molar-refractivity contribution in [2.75, 3.05) is 29.5 Å². The van der Waals surface area contributed by atoms with Crippen LogP contribution in [-0.2, 0) is 25.7 Å². The lowest BCUT2D eigenvalue weighted by Crippen LogP contribution is -2.42. The number of hydrogen-bond donors (Lipinski definition) is 4. The Morgan fingerprint density at radius 2 is 1.58 bits per heavy atom. The van der Waals surface area contributed by atoms with Crippen LogP contribution in [0.4, 0.5) is 17.1 Å². The number of hydrogen-bond acceptors (Lipinski definition) is 7. The summed E-state index contributed by atoms with van der Waals surface area (Å²) in [4.78, 5) is 27.6. The summed E-state index contributed by atoms with van der Waals surface area (Å²) in [5.41, 5.74) is 11.2. The Hall–Kier alpha value is -3.76. The van der Waals surface area contributed by atoms with E-state index in [1.165, 1.54) is 19.3 Å². The third kappa shape index (κ3) is 8.44. The third-order valence-electron chi connectivity index (χ3n) is 10.1. The fraction of sp³-hybridized carbons (Fsp3) is 0.487. The van der Waals surface area contributed by atoms with Gasteiger partial charge in [0.15, 0.2) is 6.29 Å². The van der Waals surface area contributed by atoms with Crippen LogP contribution in [0.15, 0.2) is 72.8 Å². The van der Waals surface area contributed by atoms with E-state index < -0.39 is 6.29 Å². The van der Waals surface area contributed by atoms with Crippen LogP contribution in [0.5, 0.6) is 0 Å². The summed E-state index contributed by atoms with van der Waals surface area (Å²) in [5.74, 6) is -0.330. The number of likely N-dealkylation sites (tertiary alicyclic amines) is 1. The number of nitrogens with zero attached hydrogens (tertiary/aromatic N) is 1. The van der Waals surface area contributed by atoms with Gasteiger partial charge in [0.2, 0.25) is 11.8 Å². The predicted octanol–water partition coefficient (Wildman–Crippen LogP) is 6.95. The number of fused-ring (bicyclic) bond motifs is 2. The first-order valence-electron chi connectivity index (χ1n) is 17.3. The highest BCUT2D eigenvalue weighted by atomic mass is 16.7. The normalized spacial score (nSPS) is 26.6. The number of nitrogens with one attached hydrogen (secondary N) is 2. The maximum Gasteiger partial charge on any atom is 0.224 e. The number of aliphatic hydroxyl groups is 1. The zero-order chi connectivity index (χ0) is 33.9. The molecule has 256 valence electrons. The summed E-state index contributed by atoms with van der Waals surface area (Å²) in [6.45, 7) is 9.23. The van der Waals surface area contributed by atoms with Gasteiger partial charge in [-0.15, -0.1) is 0 Å². The zero-order valence-corrected chi connectivity index (χ0v) is 28.4. The van der Waals surface area contributed by atoms with E-state index in [4.69, 9.17) is 15.2 Å². The van der Waals surface area contributed by atoms with Crippen LogP contribution in [0.3, 0.4) is 0 Å². The summed E-state index contributed by atoms with van der Waals surface area (Å²) >= 11 is 0. The lowest BCUT2D eigenvalue weighted by Gasteiger charge is -2.41. The van der Waals surface area contributed by atoms with Gasteiger partial charge in [-0.3, -0.25) is 14.5 Å². The van der Waals surface area contributed by atoms with Crippen LogP contribution >= 0.6 is 0 Å². The Bertz CT molecular complexity index is 1580. The average molecular weight is 655 g/mol. The molecule has 48 heavy (non-hydrogen) atoms. The van der Waals surface area contributed by atoms with Crippen LogP contribution in [0.25, 0.3) is 0 Å². The fourth-order valence-electron chi connectivity index (χ4n) is 8.26. The minimum atomic E-state index is -0.554. The molecule has 3 aliphatic rings. The van der Waals surface area contributed by atoms with Crippen molar-refractivity contribution in [2.24, 2.45) is 10.8 Å². The molecular weight excluding hydrogens is 604 g/mol. The molecule has 6 rings (SSSR count). The van der Waals surface area contributed by atoms with E-state index in [2.05, 4.69) is 36.3 Å². The van der Waals surface area contributed by atoms with E-state index in [0.29, 0.717) is 40.4 Å². The lowest BCUT2D eigenvalue weighted by atomic mass is 9.65. The van der Waals surface area contributed by atoms with Gasteiger partial charge in [0.05, 0.1) is 30.2 Å². The summed E-state index contributed by atoms with van der Waals surface area (Å²) in [6.07, 6.45) is 4.62. The minimum Gasteiger partial charge on any atom is -0.397 e. The number of benzene rings is 3. The smallest absolute Gasteiger partial charge is 0.224 e. The van der Waals surface area contributed by atoms with E-state index in [0.717, 1.165) is 36.2 Å². The minimum absolute atomic E-state index is 0.00718. The first-order valence-corrected chi connectivity index (χ1v) is 17.3. The van der Waals surface area contributed by atoms with Gasteiger partial charge in [0.1, 0.15) is 0 Å². The maximum absolute atomic E-state index is 12.7. The monoisotopic (exact) mass is 654 g/mol. The van der Waals surface area contributed by atoms with Crippen LogP contribution < -0.4 is 16.4 Å². The van der Waals surface area contributed by atoms with E-state index in [1.807, 2.05) is 60.7 Å². The molecule has 5 N–H and O–H groups in total. The highest BCUT2D eigenvalue weighted by molar-refractivity contribution is 5.94. The summed E-state index contributed by atoms with van der Waals surface area (Å²) < 4.78 is 13.3. The SMILES string of the molecule is CC1(C)CC2CC(C)(CN2C[C@@H]2C[C@H](c3ccc(CO)cc3)O[C@H](c3ccc(NC(=O)CCCC(=O)Nc4ccccc4N)cc3)O2)C1. The van der Waals surface area contributed by atoms with Crippen molar-refractivity contribution in [3.05, 3.63) is 89.5 Å². The number of ether oxygens (including phenoxy) is 2. The van der Waals surface area contributed by atoms with Crippen LogP contribution in [0, 0.1) is 10.8 Å². The number of nitrogens with two attached hydrogens (primary N) is 1. The Kier molecular flexibility index (Phi) is 10.2. The maximum atomic E-state index is 12.7. The molecule has 2 bridgehead atoms. The van der Waals surface area contributed by atoms with Crippen molar-refractivity contribution in [3.63, 3.8) is 0 Å². The Morgan fingerprint density at radius 1 is 0.896 bits per heavy atom. The van der Waals surface area contributed by atoms with Crippen molar-refractivity contribution in [1.29, 1.82) is 0 Å². The molecule has 2 aliphatic heterocycles. The Morgan fingerprint density at radius 3 is 2.29 bits per heavy atom.